The Morgan fingerprint density at radius 3 is 2.68 bits per heavy atom. The van der Waals surface area contributed by atoms with E-state index in [4.69, 9.17) is 16.3 Å². The number of allylic oxidation sites excluding steroid dienone is 3. The van der Waals surface area contributed by atoms with Gasteiger partial charge in [-0.25, -0.2) is 15.0 Å². The van der Waals surface area contributed by atoms with Crippen LogP contribution in [-0.2, 0) is 0 Å². The van der Waals surface area contributed by atoms with Crippen molar-refractivity contribution in [3.63, 3.8) is 0 Å². The summed E-state index contributed by atoms with van der Waals surface area (Å²) in [5.74, 6) is 0.991. The molecule has 0 amide bonds. The lowest BCUT2D eigenvalue weighted by Gasteiger charge is -2.10. The molecule has 2 aromatic rings. The number of nitrogens with one attached hydrogen (secondary N) is 1. The largest absolute Gasteiger partial charge is 0.574 e. The van der Waals surface area contributed by atoms with E-state index >= 15 is 0 Å². The van der Waals surface area contributed by atoms with Crippen LogP contribution < -0.4 is 14.8 Å². The van der Waals surface area contributed by atoms with Crippen molar-refractivity contribution in [2.24, 2.45) is 0 Å². The van der Waals surface area contributed by atoms with E-state index in [9.17, 15) is 13.2 Å². The monoisotopic (exact) mass is 454 g/mol. The van der Waals surface area contributed by atoms with Crippen molar-refractivity contribution in [3.8, 4) is 11.6 Å². The van der Waals surface area contributed by atoms with Crippen molar-refractivity contribution >= 4 is 17.4 Å². The molecule has 0 saturated heterocycles. The minimum absolute atomic E-state index is 0.208. The summed E-state index contributed by atoms with van der Waals surface area (Å²) in [6, 6.07) is 2.44. The first kappa shape index (κ1) is 24.2. The van der Waals surface area contributed by atoms with Gasteiger partial charge in [0.25, 0.3) is 0 Å². The number of aryl methyl sites for hydroxylation is 2. The predicted octanol–water partition coefficient (Wildman–Crippen LogP) is 5.59. The molecule has 0 spiro atoms. The van der Waals surface area contributed by atoms with Crippen LogP contribution in [0.3, 0.4) is 0 Å². The minimum Gasteiger partial charge on any atom is -0.488 e. The maximum Gasteiger partial charge on any atom is 0.574 e. The standard InChI is InChI=1S/C21H22ClF3N4O2/c1-4-6-16(10-11-26-20-19(22)14(2)28-15(3)29-20)7-5-12-30-17-8-9-18(27-13-17)31-21(23,24)25/h4-9,13H,1,10-12H2,2-3H3,(H,26,28,29)/b7-5-,16-6+. The Morgan fingerprint density at radius 1 is 1.26 bits per heavy atom. The Labute approximate surface area is 183 Å². The molecule has 166 valence electrons. The van der Waals surface area contributed by atoms with Gasteiger partial charge in [-0.15, -0.1) is 13.2 Å². The Bertz CT molecular complexity index is 945. The summed E-state index contributed by atoms with van der Waals surface area (Å²) in [5, 5.41) is 3.69. The van der Waals surface area contributed by atoms with Gasteiger partial charge in [0.1, 0.15) is 29.0 Å². The summed E-state index contributed by atoms with van der Waals surface area (Å²) in [7, 11) is 0. The quantitative estimate of drug-likeness (QED) is 0.472. The van der Waals surface area contributed by atoms with Crippen LogP contribution >= 0.6 is 11.6 Å². The molecule has 2 heterocycles. The molecule has 31 heavy (non-hydrogen) atoms. The maximum atomic E-state index is 12.1. The highest BCUT2D eigenvalue weighted by molar-refractivity contribution is 6.33. The summed E-state index contributed by atoms with van der Waals surface area (Å²) >= 11 is 6.23. The number of nitrogens with zero attached hydrogens (tertiary/aromatic N) is 3. The SMILES string of the molecule is C=C/C=C(\C=C/COc1ccc(OC(F)(F)F)nc1)CCNc1nc(C)nc(C)c1Cl. The Hall–Kier alpha value is -3.07. The van der Waals surface area contributed by atoms with E-state index in [0.717, 1.165) is 17.8 Å². The molecule has 10 heteroatoms. The van der Waals surface area contributed by atoms with Gasteiger partial charge in [0.05, 0.1) is 11.9 Å². The molecule has 0 radical (unpaired) electrons. The Balaban J connectivity index is 1.84. The molecule has 0 unspecified atom stereocenters. The van der Waals surface area contributed by atoms with Gasteiger partial charge in [-0.3, -0.25) is 0 Å². The summed E-state index contributed by atoms with van der Waals surface area (Å²) in [4.78, 5) is 12.1. The summed E-state index contributed by atoms with van der Waals surface area (Å²) < 4.78 is 45.6. The fourth-order valence-corrected chi connectivity index (χ4v) is 2.64. The number of hydrogen-bond donors (Lipinski definition) is 1. The van der Waals surface area contributed by atoms with E-state index in [-0.39, 0.29) is 6.61 Å². The molecule has 0 saturated carbocycles. The van der Waals surface area contributed by atoms with Crippen molar-refractivity contribution in [3.05, 3.63) is 71.3 Å². The van der Waals surface area contributed by atoms with Gasteiger partial charge < -0.3 is 14.8 Å². The zero-order valence-electron chi connectivity index (χ0n) is 17.0. The third-order valence-electron chi connectivity index (χ3n) is 3.77. The molecule has 0 atom stereocenters. The fraction of sp³-hybridized carbons (Fsp3) is 0.286. The van der Waals surface area contributed by atoms with Crippen LogP contribution in [0.5, 0.6) is 11.6 Å². The molecule has 2 rings (SSSR count). The third-order valence-corrected chi connectivity index (χ3v) is 4.23. The molecule has 1 N–H and O–H groups in total. The lowest BCUT2D eigenvalue weighted by molar-refractivity contribution is -0.276. The topological polar surface area (TPSA) is 69.2 Å². The first-order chi connectivity index (χ1) is 14.7. The number of ether oxygens (including phenoxy) is 2. The number of hydrogen-bond acceptors (Lipinski definition) is 6. The van der Waals surface area contributed by atoms with E-state index in [1.54, 1.807) is 19.1 Å². The summed E-state index contributed by atoms with van der Waals surface area (Å²) in [6.07, 6.45) is 4.24. The van der Waals surface area contributed by atoms with Crippen molar-refractivity contribution in [1.82, 2.24) is 15.0 Å². The number of anilines is 1. The molecular weight excluding hydrogens is 433 g/mol. The van der Waals surface area contributed by atoms with Crippen LogP contribution in [0.25, 0.3) is 0 Å². The second-order valence-corrected chi connectivity index (χ2v) is 6.64. The smallest absolute Gasteiger partial charge is 0.488 e. The highest BCUT2D eigenvalue weighted by atomic mass is 35.5. The first-order valence-electron chi connectivity index (χ1n) is 9.25. The van der Waals surface area contributed by atoms with Crippen molar-refractivity contribution in [2.45, 2.75) is 26.6 Å². The first-order valence-corrected chi connectivity index (χ1v) is 9.63. The molecule has 0 aliphatic heterocycles. The van der Waals surface area contributed by atoms with Crippen LogP contribution in [0, 0.1) is 13.8 Å². The van der Waals surface area contributed by atoms with Gasteiger partial charge in [0.15, 0.2) is 0 Å². The predicted molar refractivity (Wildman–Crippen MR) is 113 cm³/mol. The highest BCUT2D eigenvalue weighted by Crippen LogP contribution is 2.23. The zero-order chi connectivity index (χ0) is 22.9. The molecule has 0 bridgehead atoms. The summed E-state index contributed by atoms with van der Waals surface area (Å²) in [5.41, 5.74) is 1.69. The molecule has 0 aliphatic rings. The van der Waals surface area contributed by atoms with Crippen LogP contribution in [0.2, 0.25) is 5.02 Å². The van der Waals surface area contributed by atoms with E-state index in [1.165, 1.54) is 6.07 Å². The van der Waals surface area contributed by atoms with Crippen LogP contribution in [-0.4, -0.2) is 34.5 Å². The lowest BCUT2D eigenvalue weighted by atomic mass is 10.1. The van der Waals surface area contributed by atoms with E-state index < -0.39 is 12.2 Å². The second kappa shape index (κ2) is 11.4. The zero-order valence-corrected chi connectivity index (χ0v) is 17.8. The highest BCUT2D eigenvalue weighted by Gasteiger charge is 2.31. The molecule has 6 nitrogen and oxygen atoms in total. The number of rotatable bonds is 10. The van der Waals surface area contributed by atoms with E-state index in [0.29, 0.717) is 41.1 Å². The molecule has 2 aromatic heterocycles. The van der Waals surface area contributed by atoms with E-state index in [2.05, 4.69) is 31.6 Å². The molecule has 0 aromatic carbocycles. The molecular formula is C21H22ClF3N4O2. The number of pyridine rings is 1. The average molecular weight is 455 g/mol. The van der Waals surface area contributed by atoms with Gasteiger partial charge in [-0.2, -0.15) is 0 Å². The summed E-state index contributed by atoms with van der Waals surface area (Å²) in [6.45, 7) is 8.12. The average Bonchev–Trinajstić information content (AvgIpc) is 2.68. The van der Waals surface area contributed by atoms with Crippen molar-refractivity contribution in [2.75, 3.05) is 18.5 Å². The maximum absolute atomic E-state index is 12.1. The molecule has 0 fully saturated rings. The van der Waals surface area contributed by atoms with Crippen LogP contribution in [0.1, 0.15) is 17.9 Å². The normalized spacial score (nSPS) is 12.1. The second-order valence-electron chi connectivity index (χ2n) is 6.27. The number of alkyl halides is 3. The van der Waals surface area contributed by atoms with Gasteiger partial charge in [0.2, 0.25) is 5.88 Å². The van der Waals surface area contributed by atoms with E-state index in [1.807, 2.05) is 19.1 Å². The van der Waals surface area contributed by atoms with Crippen molar-refractivity contribution < 1.29 is 22.6 Å². The number of aromatic nitrogens is 3. The van der Waals surface area contributed by atoms with Gasteiger partial charge in [0, 0.05) is 12.6 Å². The van der Waals surface area contributed by atoms with Crippen LogP contribution in [0.4, 0.5) is 19.0 Å². The fourth-order valence-electron chi connectivity index (χ4n) is 2.49. The Kier molecular flexibility index (Phi) is 8.87. The minimum atomic E-state index is -4.78. The van der Waals surface area contributed by atoms with Crippen molar-refractivity contribution in [1.29, 1.82) is 0 Å². The number of halogens is 4. The lowest BCUT2D eigenvalue weighted by Crippen LogP contribution is -2.17. The van der Waals surface area contributed by atoms with Gasteiger partial charge in [-0.1, -0.05) is 36.4 Å². The Morgan fingerprint density at radius 2 is 2.03 bits per heavy atom. The van der Waals surface area contributed by atoms with Gasteiger partial charge >= 0.3 is 6.36 Å². The van der Waals surface area contributed by atoms with Crippen LogP contribution in [0.15, 0.2) is 54.8 Å². The van der Waals surface area contributed by atoms with Gasteiger partial charge in [-0.05, 0) is 38.0 Å². The third kappa shape index (κ3) is 8.67. The molecule has 0 aliphatic carbocycles.